The van der Waals surface area contributed by atoms with Gasteiger partial charge in [-0.25, -0.2) is 0 Å². The first-order valence-electron chi connectivity index (χ1n) is 9.67. The second-order valence-corrected chi connectivity index (χ2v) is 7.60. The van der Waals surface area contributed by atoms with E-state index in [0.717, 1.165) is 30.2 Å². The maximum absolute atomic E-state index is 12.5. The van der Waals surface area contributed by atoms with Crippen LogP contribution in [0.25, 0.3) is 0 Å². The van der Waals surface area contributed by atoms with Crippen LogP contribution in [-0.4, -0.2) is 48.2 Å². The molecular weight excluding hydrogens is 342 g/mol. The number of hydrogen-bond acceptors (Lipinski definition) is 4. The van der Waals surface area contributed by atoms with Crippen molar-refractivity contribution in [3.05, 3.63) is 47.8 Å². The molecule has 6 nitrogen and oxygen atoms in total. The predicted molar refractivity (Wildman–Crippen MR) is 103 cm³/mol. The lowest BCUT2D eigenvalue weighted by molar-refractivity contribution is -0.123. The highest BCUT2D eigenvalue weighted by Gasteiger charge is 2.31. The van der Waals surface area contributed by atoms with Crippen LogP contribution in [0, 0.1) is 5.92 Å². The molecule has 0 saturated heterocycles. The number of nitrogens with one attached hydrogen (secondary N) is 1. The Hall–Kier alpha value is -2.47. The van der Waals surface area contributed by atoms with Crippen LogP contribution < -0.4 is 14.8 Å². The van der Waals surface area contributed by atoms with Gasteiger partial charge in [0, 0.05) is 31.5 Å². The summed E-state index contributed by atoms with van der Waals surface area (Å²) in [5.41, 5.74) is 2.32. The van der Waals surface area contributed by atoms with Crippen LogP contribution >= 0.6 is 0 Å². The molecule has 0 unspecified atom stereocenters. The van der Waals surface area contributed by atoms with Crippen LogP contribution in [0.5, 0.6) is 11.5 Å². The minimum absolute atomic E-state index is 0.0226. The van der Waals surface area contributed by atoms with Crippen LogP contribution in [0.1, 0.15) is 31.1 Å². The number of benzene rings is 1. The first-order chi connectivity index (χ1) is 13.1. The molecule has 0 bridgehead atoms. The second-order valence-electron chi connectivity index (χ2n) is 7.60. The lowest BCUT2D eigenvalue weighted by Gasteiger charge is -2.37. The fraction of sp³-hybridized carbons (Fsp3) is 0.476. The van der Waals surface area contributed by atoms with Gasteiger partial charge >= 0.3 is 0 Å². The third-order valence-electron chi connectivity index (χ3n) is 5.07. The number of hydrogen-bond donors (Lipinski definition) is 1. The Morgan fingerprint density at radius 1 is 1.19 bits per heavy atom. The predicted octanol–water partition coefficient (Wildman–Crippen LogP) is 2.44. The fourth-order valence-electron chi connectivity index (χ4n) is 3.77. The minimum Gasteiger partial charge on any atom is -0.486 e. The first-order valence-corrected chi connectivity index (χ1v) is 9.67. The van der Waals surface area contributed by atoms with E-state index in [2.05, 4.69) is 59.1 Å². The van der Waals surface area contributed by atoms with Crippen molar-refractivity contribution in [2.45, 2.75) is 26.4 Å². The normalized spacial score (nSPS) is 19.0. The smallest absolute Gasteiger partial charge is 0.234 e. The number of amides is 1. The van der Waals surface area contributed by atoms with E-state index >= 15 is 0 Å². The van der Waals surface area contributed by atoms with E-state index in [1.54, 1.807) is 0 Å². The van der Waals surface area contributed by atoms with Crippen molar-refractivity contribution in [1.82, 2.24) is 14.8 Å². The SMILES string of the molecule is CC(C)CNC(=O)CN1CCn2cccc2[C@@H]1c1ccc2c(c1)OCCO2. The molecule has 0 spiro atoms. The quantitative estimate of drug-likeness (QED) is 0.880. The molecule has 1 aromatic carbocycles. The Morgan fingerprint density at radius 3 is 2.81 bits per heavy atom. The third kappa shape index (κ3) is 3.81. The first kappa shape index (κ1) is 17.9. The summed E-state index contributed by atoms with van der Waals surface area (Å²) in [6.45, 7) is 8.17. The van der Waals surface area contributed by atoms with Gasteiger partial charge in [-0.1, -0.05) is 19.9 Å². The standard InChI is InChI=1S/C21H27N3O3/c1-15(2)13-22-20(25)14-24-9-8-23-7-3-4-17(23)21(24)16-5-6-18-19(12-16)27-11-10-26-18/h3-7,12,15,21H,8-11,13-14H2,1-2H3,(H,22,25)/t21-/m0/s1. The molecule has 27 heavy (non-hydrogen) atoms. The summed E-state index contributed by atoms with van der Waals surface area (Å²) in [6.07, 6.45) is 2.11. The number of rotatable bonds is 5. The van der Waals surface area contributed by atoms with E-state index in [1.165, 1.54) is 5.69 Å². The molecule has 0 aliphatic carbocycles. The number of fused-ring (bicyclic) bond motifs is 2. The third-order valence-corrected chi connectivity index (χ3v) is 5.07. The highest BCUT2D eigenvalue weighted by Crippen LogP contribution is 2.38. The summed E-state index contributed by atoms with van der Waals surface area (Å²) in [5, 5.41) is 3.04. The van der Waals surface area contributed by atoms with Gasteiger partial charge < -0.3 is 19.4 Å². The van der Waals surface area contributed by atoms with E-state index in [1.807, 2.05) is 6.07 Å². The van der Waals surface area contributed by atoms with Gasteiger partial charge in [-0.3, -0.25) is 9.69 Å². The summed E-state index contributed by atoms with van der Waals surface area (Å²) in [6, 6.07) is 10.3. The topological polar surface area (TPSA) is 55.7 Å². The number of carbonyl (C=O) groups excluding carboxylic acids is 1. The van der Waals surface area contributed by atoms with Crippen molar-refractivity contribution >= 4 is 5.91 Å². The zero-order valence-corrected chi connectivity index (χ0v) is 16.0. The van der Waals surface area contributed by atoms with Crippen molar-refractivity contribution in [2.24, 2.45) is 5.92 Å². The van der Waals surface area contributed by atoms with Crippen LogP contribution in [0.15, 0.2) is 36.5 Å². The molecule has 0 fully saturated rings. The van der Waals surface area contributed by atoms with Crippen LogP contribution in [0.3, 0.4) is 0 Å². The number of aromatic nitrogens is 1. The highest BCUT2D eigenvalue weighted by atomic mass is 16.6. The van der Waals surface area contributed by atoms with Gasteiger partial charge in [-0.15, -0.1) is 0 Å². The molecule has 2 aromatic rings. The average molecular weight is 369 g/mol. The van der Waals surface area contributed by atoms with Crippen molar-refractivity contribution < 1.29 is 14.3 Å². The molecule has 1 amide bonds. The van der Waals surface area contributed by atoms with Crippen LogP contribution in [0.4, 0.5) is 0 Å². The molecule has 144 valence electrons. The Kier molecular flexibility index (Phi) is 5.07. The molecule has 4 rings (SSSR count). The molecule has 1 N–H and O–H groups in total. The van der Waals surface area contributed by atoms with Crippen molar-refractivity contribution in [2.75, 3.05) is 32.8 Å². The summed E-state index contributed by atoms with van der Waals surface area (Å²) in [5.74, 6) is 2.09. The molecular formula is C21H27N3O3. The maximum Gasteiger partial charge on any atom is 0.234 e. The van der Waals surface area contributed by atoms with Gasteiger partial charge in [-0.2, -0.15) is 0 Å². The fourth-order valence-corrected chi connectivity index (χ4v) is 3.77. The van der Waals surface area contributed by atoms with Crippen molar-refractivity contribution in [3.63, 3.8) is 0 Å². The van der Waals surface area contributed by atoms with Gasteiger partial charge in [-0.05, 0) is 35.7 Å². The van der Waals surface area contributed by atoms with E-state index in [4.69, 9.17) is 9.47 Å². The Morgan fingerprint density at radius 2 is 2.00 bits per heavy atom. The molecule has 2 aliphatic rings. The lowest BCUT2D eigenvalue weighted by Crippen LogP contribution is -2.44. The van der Waals surface area contributed by atoms with Crippen LogP contribution in [0.2, 0.25) is 0 Å². The Labute approximate surface area is 160 Å². The molecule has 1 aromatic heterocycles. The van der Waals surface area contributed by atoms with Crippen molar-refractivity contribution in [1.29, 1.82) is 0 Å². The van der Waals surface area contributed by atoms with Crippen LogP contribution in [-0.2, 0) is 11.3 Å². The summed E-state index contributed by atoms with van der Waals surface area (Å²) in [7, 11) is 0. The molecule has 2 aliphatic heterocycles. The van der Waals surface area contributed by atoms with E-state index in [-0.39, 0.29) is 11.9 Å². The molecule has 1 atom stereocenters. The van der Waals surface area contributed by atoms with Crippen molar-refractivity contribution in [3.8, 4) is 11.5 Å². The van der Waals surface area contributed by atoms with Gasteiger partial charge in [0.2, 0.25) is 5.91 Å². The van der Waals surface area contributed by atoms with Gasteiger partial charge in [0.25, 0.3) is 0 Å². The Balaban J connectivity index is 1.61. The average Bonchev–Trinajstić information content (AvgIpc) is 3.14. The van der Waals surface area contributed by atoms with E-state index in [0.29, 0.717) is 32.2 Å². The zero-order chi connectivity index (χ0) is 18.8. The highest BCUT2D eigenvalue weighted by molar-refractivity contribution is 5.78. The zero-order valence-electron chi connectivity index (χ0n) is 16.0. The molecule has 0 saturated carbocycles. The molecule has 3 heterocycles. The number of nitrogens with zero attached hydrogens (tertiary/aromatic N) is 2. The largest absolute Gasteiger partial charge is 0.486 e. The Bertz CT molecular complexity index is 815. The monoisotopic (exact) mass is 369 g/mol. The van der Waals surface area contributed by atoms with E-state index in [9.17, 15) is 4.79 Å². The van der Waals surface area contributed by atoms with Gasteiger partial charge in [0.05, 0.1) is 12.6 Å². The summed E-state index contributed by atoms with van der Waals surface area (Å²) >= 11 is 0. The minimum atomic E-state index is 0.0226. The summed E-state index contributed by atoms with van der Waals surface area (Å²) < 4.78 is 13.7. The van der Waals surface area contributed by atoms with Gasteiger partial charge in [0.1, 0.15) is 13.2 Å². The number of ether oxygens (including phenoxy) is 2. The summed E-state index contributed by atoms with van der Waals surface area (Å²) in [4.78, 5) is 14.7. The van der Waals surface area contributed by atoms with Gasteiger partial charge in [0.15, 0.2) is 11.5 Å². The maximum atomic E-state index is 12.5. The lowest BCUT2D eigenvalue weighted by atomic mass is 9.99. The second kappa shape index (κ2) is 7.64. The molecule has 0 radical (unpaired) electrons. The molecule has 6 heteroatoms. The number of carbonyl (C=O) groups is 1. The van der Waals surface area contributed by atoms with E-state index < -0.39 is 0 Å².